The number of benzene rings is 1. The van der Waals surface area contributed by atoms with E-state index in [0.29, 0.717) is 5.52 Å². The summed E-state index contributed by atoms with van der Waals surface area (Å²) in [6, 6.07) is 9.41. The van der Waals surface area contributed by atoms with Gasteiger partial charge in [0.25, 0.3) is 0 Å². The summed E-state index contributed by atoms with van der Waals surface area (Å²) in [7, 11) is 0. The van der Waals surface area contributed by atoms with E-state index in [9.17, 15) is 9.90 Å². The molecule has 0 aliphatic heterocycles. The number of aromatic nitrogens is 2. The first kappa shape index (κ1) is 12.9. The fraction of sp³-hybridized carbons (Fsp3) is 0.200. The summed E-state index contributed by atoms with van der Waals surface area (Å²) in [6.07, 6.45) is 0.777. The number of aromatic carboxylic acids is 1. The second kappa shape index (κ2) is 5.09. The number of fused-ring (bicyclic) bond motifs is 1. The fourth-order valence-corrected chi connectivity index (χ4v) is 3.07. The van der Waals surface area contributed by atoms with Gasteiger partial charge in [0.1, 0.15) is 11.3 Å². The van der Waals surface area contributed by atoms with Crippen LogP contribution in [0.2, 0.25) is 0 Å². The minimum Gasteiger partial charge on any atom is -0.478 e. The van der Waals surface area contributed by atoms with Crippen molar-refractivity contribution in [2.75, 3.05) is 0 Å². The molecule has 0 saturated carbocycles. The van der Waals surface area contributed by atoms with E-state index in [0.717, 1.165) is 24.3 Å². The standard InChI is InChI=1S/C15H14N2O2S/c1-2-13-16-14-11(15(18)19)6-3-7-12(14)17(13)9-10-5-4-8-20-10/h3-8H,2,9H2,1H3,(H,18,19). The molecule has 1 N–H and O–H groups in total. The number of thiophene rings is 1. The van der Waals surface area contributed by atoms with Gasteiger partial charge in [0.2, 0.25) is 0 Å². The number of nitrogens with zero attached hydrogens (tertiary/aromatic N) is 2. The van der Waals surface area contributed by atoms with Crippen LogP contribution in [0.4, 0.5) is 0 Å². The van der Waals surface area contributed by atoms with Crippen molar-refractivity contribution >= 4 is 28.3 Å². The molecule has 5 heteroatoms. The molecule has 102 valence electrons. The van der Waals surface area contributed by atoms with Gasteiger partial charge < -0.3 is 9.67 Å². The Labute approximate surface area is 120 Å². The van der Waals surface area contributed by atoms with Crippen molar-refractivity contribution in [1.29, 1.82) is 0 Å². The molecule has 0 atom stereocenters. The molecular formula is C15H14N2O2S. The second-order valence-corrected chi connectivity index (χ2v) is 5.56. The number of hydrogen-bond donors (Lipinski definition) is 1. The van der Waals surface area contributed by atoms with Gasteiger partial charge in [-0.3, -0.25) is 0 Å². The number of carboxylic acids is 1. The molecule has 0 bridgehead atoms. The molecule has 0 aliphatic carbocycles. The highest BCUT2D eigenvalue weighted by Crippen LogP contribution is 2.23. The minimum atomic E-state index is -0.931. The van der Waals surface area contributed by atoms with Crippen LogP contribution in [-0.4, -0.2) is 20.6 Å². The molecule has 2 heterocycles. The van der Waals surface area contributed by atoms with Gasteiger partial charge in [-0.15, -0.1) is 11.3 Å². The Morgan fingerprint density at radius 3 is 2.85 bits per heavy atom. The Hall–Kier alpha value is -2.14. The molecule has 1 aromatic carbocycles. The van der Waals surface area contributed by atoms with Crippen LogP contribution in [0.5, 0.6) is 0 Å². The molecular weight excluding hydrogens is 272 g/mol. The third-order valence-corrected chi connectivity index (χ3v) is 4.16. The lowest BCUT2D eigenvalue weighted by Gasteiger charge is -2.06. The largest absolute Gasteiger partial charge is 0.478 e. The molecule has 0 saturated heterocycles. The number of para-hydroxylation sites is 1. The number of carboxylic acid groups (broad SMARTS) is 1. The van der Waals surface area contributed by atoms with Crippen molar-refractivity contribution in [3.05, 3.63) is 52.0 Å². The molecule has 20 heavy (non-hydrogen) atoms. The fourth-order valence-electron chi connectivity index (χ4n) is 2.37. The van der Waals surface area contributed by atoms with Crippen LogP contribution < -0.4 is 0 Å². The van der Waals surface area contributed by atoms with Crippen LogP contribution in [0, 0.1) is 0 Å². The smallest absolute Gasteiger partial charge is 0.337 e. The average molecular weight is 286 g/mol. The average Bonchev–Trinajstić information content (AvgIpc) is 3.06. The maximum absolute atomic E-state index is 11.3. The molecule has 3 rings (SSSR count). The lowest BCUT2D eigenvalue weighted by Crippen LogP contribution is -2.03. The van der Waals surface area contributed by atoms with Crippen molar-refractivity contribution < 1.29 is 9.90 Å². The van der Waals surface area contributed by atoms with Gasteiger partial charge in [0.05, 0.1) is 17.6 Å². The lowest BCUT2D eigenvalue weighted by molar-refractivity contribution is 0.0699. The van der Waals surface area contributed by atoms with Crippen molar-refractivity contribution in [3.8, 4) is 0 Å². The van der Waals surface area contributed by atoms with Gasteiger partial charge in [0, 0.05) is 11.3 Å². The van der Waals surface area contributed by atoms with E-state index in [1.165, 1.54) is 4.88 Å². The van der Waals surface area contributed by atoms with Crippen molar-refractivity contribution in [1.82, 2.24) is 9.55 Å². The van der Waals surface area contributed by atoms with Crippen molar-refractivity contribution in [3.63, 3.8) is 0 Å². The molecule has 0 amide bonds. The predicted octanol–water partition coefficient (Wildman–Crippen LogP) is 3.41. The zero-order chi connectivity index (χ0) is 14.1. The maximum Gasteiger partial charge on any atom is 0.337 e. The summed E-state index contributed by atoms with van der Waals surface area (Å²) in [4.78, 5) is 17.0. The van der Waals surface area contributed by atoms with Crippen LogP contribution in [-0.2, 0) is 13.0 Å². The quantitative estimate of drug-likeness (QED) is 0.799. The number of rotatable bonds is 4. The van der Waals surface area contributed by atoms with E-state index in [2.05, 4.69) is 15.6 Å². The second-order valence-electron chi connectivity index (χ2n) is 4.53. The Bertz CT molecular complexity index is 760. The van der Waals surface area contributed by atoms with Crippen LogP contribution in [0.1, 0.15) is 28.0 Å². The van der Waals surface area contributed by atoms with Crippen LogP contribution in [0.25, 0.3) is 11.0 Å². The normalized spacial score (nSPS) is 11.1. The molecule has 0 aliphatic rings. The number of hydrogen-bond acceptors (Lipinski definition) is 3. The highest BCUT2D eigenvalue weighted by molar-refractivity contribution is 7.09. The Balaban J connectivity index is 2.19. The summed E-state index contributed by atoms with van der Waals surface area (Å²) in [5, 5.41) is 11.3. The van der Waals surface area contributed by atoms with Crippen LogP contribution in [0.15, 0.2) is 35.7 Å². The molecule has 0 unspecified atom stereocenters. The zero-order valence-electron chi connectivity index (χ0n) is 11.0. The van der Waals surface area contributed by atoms with E-state index in [-0.39, 0.29) is 5.56 Å². The van der Waals surface area contributed by atoms with Crippen molar-refractivity contribution in [2.24, 2.45) is 0 Å². The SMILES string of the molecule is CCc1nc2c(C(=O)O)cccc2n1Cc1cccs1. The van der Waals surface area contributed by atoms with Gasteiger partial charge in [0.15, 0.2) is 0 Å². The van der Waals surface area contributed by atoms with E-state index in [1.807, 2.05) is 24.4 Å². The topological polar surface area (TPSA) is 55.1 Å². The number of carbonyl (C=O) groups is 1. The van der Waals surface area contributed by atoms with E-state index >= 15 is 0 Å². The molecule has 0 fully saturated rings. The highest BCUT2D eigenvalue weighted by Gasteiger charge is 2.16. The summed E-state index contributed by atoms with van der Waals surface area (Å²) in [5.41, 5.74) is 1.73. The maximum atomic E-state index is 11.3. The van der Waals surface area contributed by atoms with E-state index in [4.69, 9.17) is 0 Å². The van der Waals surface area contributed by atoms with Gasteiger partial charge in [-0.2, -0.15) is 0 Å². The molecule has 4 nitrogen and oxygen atoms in total. The van der Waals surface area contributed by atoms with Gasteiger partial charge >= 0.3 is 5.97 Å². The van der Waals surface area contributed by atoms with Crippen LogP contribution in [0.3, 0.4) is 0 Å². The Morgan fingerprint density at radius 2 is 2.20 bits per heavy atom. The molecule has 0 spiro atoms. The zero-order valence-corrected chi connectivity index (χ0v) is 11.9. The third kappa shape index (κ3) is 2.10. The van der Waals surface area contributed by atoms with Gasteiger partial charge in [-0.05, 0) is 23.6 Å². The summed E-state index contributed by atoms with van der Waals surface area (Å²) >= 11 is 1.69. The van der Waals surface area contributed by atoms with E-state index in [1.54, 1.807) is 23.5 Å². The highest BCUT2D eigenvalue weighted by atomic mass is 32.1. The first-order valence-corrected chi connectivity index (χ1v) is 7.32. The number of imidazole rings is 1. The van der Waals surface area contributed by atoms with E-state index < -0.39 is 5.97 Å². The Kier molecular flexibility index (Phi) is 3.28. The molecule has 0 radical (unpaired) electrons. The lowest BCUT2D eigenvalue weighted by atomic mass is 10.2. The third-order valence-electron chi connectivity index (χ3n) is 3.30. The number of aryl methyl sites for hydroxylation is 1. The molecule has 3 aromatic rings. The summed E-state index contributed by atoms with van der Waals surface area (Å²) < 4.78 is 2.10. The summed E-state index contributed by atoms with van der Waals surface area (Å²) in [5.74, 6) is -0.0128. The first-order chi connectivity index (χ1) is 9.70. The van der Waals surface area contributed by atoms with Gasteiger partial charge in [-0.1, -0.05) is 19.1 Å². The Morgan fingerprint density at radius 1 is 1.35 bits per heavy atom. The monoisotopic (exact) mass is 286 g/mol. The first-order valence-electron chi connectivity index (χ1n) is 6.44. The van der Waals surface area contributed by atoms with Gasteiger partial charge in [-0.25, -0.2) is 9.78 Å². The van der Waals surface area contributed by atoms with Crippen molar-refractivity contribution in [2.45, 2.75) is 19.9 Å². The van der Waals surface area contributed by atoms with Crippen LogP contribution >= 0.6 is 11.3 Å². The summed E-state index contributed by atoms with van der Waals surface area (Å²) in [6.45, 7) is 2.77. The molecule has 2 aromatic heterocycles. The predicted molar refractivity (Wildman–Crippen MR) is 79.5 cm³/mol. The minimum absolute atomic E-state index is 0.266.